The maximum atomic E-state index is 5.52. The molecule has 0 saturated carbocycles. The second-order valence-electron chi connectivity index (χ2n) is 1.90. The van der Waals surface area contributed by atoms with Gasteiger partial charge in [-0.1, -0.05) is 22.0 Å². The van der Waals surface area contributed by atoms with Crippen LogP contribution in [0.1, 0.15) is 5.56 Å². The summed E-state index contributed by atoms with van der Waals surface area (Å²) in [5, 5.41) is 0. The van der Waals surface area contributed by atoms with Crippen LogP contribution in [0.15, 0.2) is 22.7 Å². The summed E-state index contributed by atoms with van der Waals surface area (Å²) in [5.41, 5.74) is 6.70. The Bertz CT molecular complexity index is 217. The molecule has 0 aliphatic heterocycles. The molecule has 10 heavy (non-hydrogen) atoms. The van der Waals surface area contributed by atoms with Gasteiger partial charge in [-0.05, 0) is 40.3 Å². The fourth-order valence-electron chi connectivity index (χ4n) is 0.727. The highest BCUT2D eigenvalue weighted by atomic mass is 127. The van der Waals surface area contributed by atoms with Crippen LogP contribution in [0.4, 0.5) is 0 Å². The summed E-state index contributed by atoms with van der Waals surface area (Å²) in [6, 6.07) is 6.06. The van der Waals surface area contributed by atoms with E-state index in [9.17, 15) is 0 Å². The minimum absolute atomic E-state index is 0.597. The van der Waals surface area contributed by atoms with Crippen LogP contribution in [-0.4, -0.2) is 0 Å². The van der Waals surface area contributed by atoms with Crippen LogP contribution < -0.4 is 5.73 Å². The smallest absolute Gasteiger partial charge is 0.0230 e. The summed E-state index contributed by atoms with van der Waals surface area (Å²) in [4.78, 5) is 0. The maximum Gasteiger partial charge on any atom is 0.0230 e. The molecule has 0 fully saturated rings. The lowest BCUT2D eigenvalue weighted by atomic mass is 10.2. The van der Waals surface area contributed by atoms with Crippen molar-refractivity contribution >= 4 is 38.5 Å². The normalized spacial score (nSPS) is 9.90. The quantitative estimate of drug-likeness (QED) is 0.792. The van der Waals surface area contributed by atoms with Gasteiger partial charge in [-0.3, -0.25) is 0 Å². The zero-order chi connectivity index (χ0) is 7.56. The molecule has 0 aromatic heterocycles. The topological polar surface area (TPSA) is 26.0 Å². The number of rotatable bonds is 1. The first-order valence-corrected chi connectivity index (χ1v) is 4.76. The maximum absolute atomic E-state index is 5.52. The Labute approximate surface area is 82.3 Å². The fourth-order valence-corrected chi connectivity index (χ4v) is 2.34. The SMILES string of the molecule is NCc1c(Br)cccc1I. The highest BCUT2D eigenvalue weighted by molar-refractivity contribution is 14.1. The van der Waals surface area contributed by atoms with Crippen LogP contribution in [0.2, 0.25) is 0 Å². The van der Waals surface area contributed by atoms with Crippen molar-refractivity contribution in [3.8, 4) is 0 Å². The van der Waals surface area contributed by atoms with Gasteiger partial charge in [0.25, 0.3) is 0 Å². The molecule has 0 amide bonds. The molecule has 1 aromatic carbocycles. The third-order valence-corrected chi connectivity index (χ3v) is 3.02. The molecule has 1 aromatic rings. The summed E-state index contributed by atoms with van der Waals surface area (Å²) < 4.78 is 2.32. The Morgan fingerprint density at radius 1 is 1.50 bits per heavy atom. The van der Waals surface area contributed by atoms with Crippen LogP contribution in [-0.2, 0) is 6.54 Å². The van der Waals surface area contributed by atoms with Gasteiger partial charge in [0.2, 0.25) is 0 Å². The molecule has 54 valence electrons. The molecular formula is C7H7BrIN. The number of halogens is 2. The lowest BCUT2D eigenvalue weighted by molar-refractivity contribution is 1.05. The Morgan fingerprint density at radius 2 is 2.20 bits per heavy atom. The Balaban J connectivity index is 3.17. The average Bonchev–Trinajstić information content (AvgIpc) is 1.88. The lowest BCUT2D eigenvalue weighted by Gasteiger charge is -2.02. The van der Waals surface area contributed by atoms with Crippen molar-refractivity contribution in [1.29, 1.82) is 0 Å². The van der Waals surface area contributed by atoms with E-state index >= 15 is 0 Å². The highest BCUT2D eigenvalue weighted by Gasteiger charge is 1.99. The molecule has 0 heterocycles. The summed E-state index contributed by atoms with van der Waals surface area (Å²) >= 11 is 5.70. The second-order valence-corrected chi connectivity index (χ2v) is 3.92. The Kier molecular flexibility index (Phi) is 3.13. The zero-order valence-electron chi connectivity index (χ0n) is 5.27. The summed E-state index contributed by atoms with van der Waals surface area (Å²) in [7, 11) is 0. The van der Waals surface area contributed by atoms with Gasteiger partial charge in [0, 0.05) is 14.6 Å². The molecule has 0 saturated heterocycles. The third-order valence-electron chi connectivity index (χ3n) is 1.27. The Morgan fingerprint density at radius 3 is 2.60 bits per heavy atom. The lowest BCUT2D eigenvalue weighted by Crippen LogP contribution is -1.99. The molecule has 1 rings (SSSR count). The van der Waals surface area contributed by atoms with Crippen molar-refractivity contribution in [3.05, 3.63) is 31.8 Å². The van der Waals surface area contributed by atoms with Gasteiger partial charge in [-0.25, -0.2) is 0 Å². The number of nitrogens with two attached hydrogens (primary N) is 1. The first kappa shape index (κ1) is 8.49. The van der Waals surface area contributed by atoms with Gasteiger partial charge in [0.1, 0.15) is 0 Å². The van der Waals surface area contributed by atoms with Crippen molar-refractivity contribution in [2.24, 2.45) is 5.73 Å². The van der Waals surface area contributed by atoms with Crippen LogP contribution in [0.25, 0.3) is 0 Å². The van der Waals surface area contributed by atoms with E-state index in [1.54, 1.807) is 0 Å². The van der Waals surface area contributed by atoms with Gasteiger partial charge in [0.05, 0.1) is 0 Å². The molecule has 0 bridgehead atoms. The van der Waals surface area contributed by atoms with E-state index in [1.807, 2.05) is 18.2 Å². The Hall–Kier alpha value is 0.390. The van der Waals surface area contributed by atoms with Gasteiger partial charge in [0.15, 0.2) is 0 Å². The molecule has 0 radical (unpaired) electrons. The van der Waals surface area contributed by atoms with E-state index in [4.69, 9.17) is 5.73 Å². The third kappa shape index (κ3) is 1.71. The minimum Gasteiger partial charge on any atom is -0.326 e. The minimum atomic E-state index is 0.597. The van der Waals surface area contributed by atoms with E-state index < -0.39 is 0 Å². The first-order chi connectivity index (χ1) is 4.75. The molecule has 3 heteroatoms. The van der Waals surface area contributed by atoms with Gasteiger partial charge in [-0.2, -0.15) is 0 Å². The predicted octanol–water partition coefficient (Wildman–Crippen LogP) is 2.51. The molecule has 2 N–H and O–H groups in total. The van der Waals surface area contributed by atoms with Crippen LogP contribution >= 0.6 is 38.5 Å². The standard InChI is InChI=1S/C7H7BrIN/c8-6-2-1-3-7(9)5(6)4-10/h1-3H,4,10H2. The summed E-state index contributed by atoms with van der Waals surface area (Å²) in [6.07, 6.45) is 0. The predicted molar refractivity (Wildman–Crippen MR) is 54.8 cm³/mol. The number of hydrogen-bond donors (Lipinski definition) is 1. The molecule has 0 atom stereocenters. The summed E-state index contributed by atoms with van der Waals surface area (Å²) in [5.74, 6) is 0. The van der Waals surface area contributed by atoms with E-state index in [-0.39, 0.29) is 0 Å². The van der Waals surface area contributed by atoms with E-state index in [2.05, 4.69) is 38.5 Å². The van der Waals surface area contributed by atoms with Crippen LogP contribution in [0, 0.1) is 3.57 Å². The molecule has 0 spiro atoms. The number of hydrogen-bond acceptors (Lipinski definition) is 1. The van der Waals surface area contributed by atoms with Crippen molar-refractivity contribution in [2.45, 2.75) is 6.54 Å². The molecule has 1 nitrogen and oxygen atoms in total. The monoisotopic (exact) mass is 311 g/mol. The molecule has 0 aliphatic carbocycles. The highest BCUT2D eigenvalue weighted by Crippen LogP contribution is 2.20. The van der Waals surface area contributed by atoms with E-state index in [1.165, 1.54) is 9.13 Å². The number of benzene rings is 1. The van der Waals surface area contributed by atoms with Crippen molar-refractivity contribution < 1.29 is 0 Å². The fraction of sp³-hybridized carbons (Fsp3) is 0.143. The van der Waals surface area contributed by atoms with E-state index in [0.717, 1.165) is 4.47 Å². The summed E-state index contributed by atoms with van der Waals surface area (Å²) in [6.45, 7) is 0.597. The van der Waals surface area contributed by atoms with Crippen molar-refractivity contribution in [2.75, 3.05) is 0 Å². The molecular weight excluding hydrogens is 305 g/mol. The van der Waals surface area contributed by atoms with E-state index in [0.29, 0.717) is 6.54 Å². The largest absolute Gasteiger partial charge is 0.326 e. The van der Waals surface area contributed by atoms with Crippen LogP contribution in [0.5, 0.6) is 0 Å². The first-order valence-electron chi connectivity index (χ1n) is 2.88. The zero-order valence-corrected chi connectivity index (χ0v) is 9.02. The van der Waals surface area contributed by atoms with Gasteiger partial charge < -0.3 is 5.73 Å². The molecule has 0 unspecified atom stereocenters. The van der Waals surface area contributed by atoms with Gasteiger partial charge >= 0.3 is 0 Å². The van der Waals surface area contributed by atoms with Crippen LogP contribution in [0.3, 0.4) is 0 Å². The van der Waals surface area contributed by atoms with Gasteiger partial charge in [-0.15, -0.1) is 0 Å². The molecule has 0 aliphatic rings. The average molecular weight is 312 g/mol. The van der Waals surface area contributed by atoms with Crippen molar-refractivity contribution in [1.82, 2.24) is 0 Å². The second kappa shape index (κ2) is 3.69. The van der Waals surface area contributed by atoms with Crippen molar-refractivity contribution in [3.63, 3.8) is 0 Å².